The van der Waals surface area contributed by atoms with Gasteiger partial charge in [0.25, 0.3) is 0 Å². The smallest absolute Gasteiger partial charge is 0.191 e. The molecule has 2 N–H and O–H groups in total. The molecule has 1 aliphatic rings. The molecule has 1 fully saturated rings. The number of ether oxygens (including phenoxy) is 1. The molecule has 0 amide bonds. The number of guanidine groups is 1. The Morgan fingerprint density at radius 1 is 1.33 bits per heavy atom. The lowest BCUT2D eigenvalue weighted by Gasteiger charge is -2.20. The number of rotatable bonds is 7. The number of benzene rings is 1. The van der Waals surface area contributed by atoms with Crippen LogP contribution in [0.4, 0.5) is 0 Å². The van der Waals surface area contributed by atoms with Crippen molar-refractivity contribution in [3.63, 3.8) is 0 Å². The third kappa shape index (κ3) is 4.45. The summed E-state index contributed by atoms with van der Waals surface area (Å²) < 4.78 is 6.25. The average molecular weight is 354 g/mol. The average Bonchev–Trinajstić information content (AvgIpc) is 3.28. The van der Waals surface area contributed by atoms with Crippen molar-refractivity contribution in [1.29, 1.82) is 0 Å². The Morgan fingerprint density at radius 3 is 2.71 bits per heavy atom. The topological polar surface area (TPSA) is 45.7 Å². The van der Waals surface area contributed by atoms with Gasteiger partial charge >= 0.3 is 0 Å². The summed E-state index contributed by atoms with van der Waals surface area (Å²) in [5.74, 6) is 0.865. The molecule has 0 unspecified atom stereocenters. The Labute approximate surface area is 135 Å². The van der Waals surface area contributed by atoms with Crippen molar-refractivity contribution < 1.29 is 4.74 Å². The molecule has 1 aliphatic carbocycles. The van der Waals surface area contributed by atoms with Gasteiger partial charge < -0.3 is 15.4 Å². The Hall–Kier alpha value is -1.07. The molecule has 5 heteroatoms. The predicted octanol–water partition coefficient (Wildman–Crippen LogP) is 2.68. The third-order valence-corrected chi connectivity index (χ3v) is 4.63. The van der Waals surface area contributed by atoms with Gasteiger partial charge in [-0.2, -0.15) is 0 Å². The molecular formula is C16H24BrN3O. The van der Waals surface area contributed by atoms with Crippen LogP contribution in [0.1, 0.15) is 24.8 Å². The lowest BCUT2D eigenvalue weighted by atomic mass is 9.96. The quantitative estimate of drug-likeness (QED) is 0.450. The van der Waals surface area contributed by atoms with E-state index < -0.39 is 0 Å². The van der Waals surface area contributed by atoms with Gasteiger partial charge in [-0.1, -0.05) is 34.1 Å². The Bertz CT molecular complexity index is 486. The number of nitrogens with one attached hydrogen (secondary N) is 2. The van der Waals surface area contributed by atoms with E-state index >= 15 is 0 Å². The molecule has 0 bridgehead atoms. The van der Waals surface area contributed by atoms with E-state index in [1.54, 1.807) is 7.11 Å². The van der Waals surface area contributed by atoms with Gasteiger partial charge in [0.15, 0.2) is 5.96 Å². The lowest BCUT2D eigenvalue weighted by Crippen LogP contribution is -2.41. The van der Waals surface area contributed by atoms with E-state index in [4.69, 9.17) is 4.74 Å². The first-order valence-corrected chi connectivity index (χ1v) is 8.19. The number of halogens is 1. The van der Waals surface area contributed by atoms with Crippen molar-refractivity contribution in [2.75, 3.05) is 33.9 Å². The van der Waals surface area contributed by atoms with E-state index in [9.17, 15) is 0 Å². The van der Waals surface area contributed by atoms with Crippen LogP contribution in [0, 0.1) is 0 Å². The number of aliphatic imine (C=N–C) groups is 1. The summed E-state index contributed by atoms with van der Waals surface area (Å²) in [6, 6.07) is 8.51. The maximum absolute atomic E-state index is 5.05. The van der Waals surface area contributed by atoms with E-state index in [2.05, 4.69) is 55.8 Å². The zero-order valence-corrected chi connectivity index (χ0v) is 14.4. The summed E-state index contributed by atoms with van der Waals surface area (Å²) in [6.45, 7) is 2.56. The van der Waals surface area contributed by atoms with Crippen LogP contribution >= 0.6 is 15.9 Å². The molecule has 0 radical (unpaired) electrons. The zero-order valence-electron chi connectivity index (χ0n) is 12.8. The fourth-order valence-corrected chi connectivity index (χ4v) is 3.19. The highest BCUT2D eigenvalue weighted by Crippen LogP contribution is 2.49. The van der Waals surface area contributed by atoms with Gasteiger partial charge in [0.05, 0.1) is 0 Å². The van der Waals surface area contributed by atoms with Crippen LogP contribution in [0.5, 0.6) is 0 Å². The number of hydrogen-bond donors (Lipinski definition) is 2. The van der Waals surface area contributed by atoms with Gasteiger partial charge in [-0.05, 0) is 30.9 Å². The molecule has 21 heavy (non-hydrogen) atoms. The van der Waals surface area contributed by atoms with Crippen molar-refractivity contribution in [1.82, 2.24) is 10.6 Å². The molecule has 1 aromatic rings. The monoisotopic (exact) mass is 353 g/mol. The predicted molar refractivity (Wildman–Crippen MR) is 90.9 cm³/mol. The minimum atomic E-state index is 0.254. The van der Waals surface area contributed by atoms with Crippen LogP contribution in [-0.2, 0) is 10.2 Å². The van der Waals surface area contributed by atoms with E-state index in [0.717, 1.165) is 32.1 Å². The molecular weight excluding hydrogens is 330 g/mol. The normalized spacial score (nSPS) is 16.6. The second-order valence-corrected chi connectivity index (χ2v) is 6.31. The molecule has 0 atom stereocenters. The summed E-state index contributed by atoms with van der Waals surface area (Å²) >= 11 is 3.67. The van der Waals surface area contributed by atoms with Gasteiger partial charge in [0.2, 0.25) is 0 Å². The molecule has 0 heterocycles. The maximum Gasteiger partial charge on any atom is 0.191 e. The molecule has 2 rings (SSSR count). The van der Waals surface area contributed by atoms with Crippen LogP contribution < -0.4 is 10.6 Å². The maximum atomic E-state index is 5.05. The van der Waals surface area contributed by atoms with Gasteiger partial charge in [-0.25, -0.2) is 0 Å². The van der Waals surface area contributed by atoms with Crippen molar-refractivity contribution in [2.24, 2.45) is 4.99 Å². The van der Waals surface area contributed by atoms with Gasteiger partial charge in [-0.15, -0.1) is 0 Å². The van der Waals surface area contributed by atoms with Gasteiger partial charge in [-0.3, -0.25) is 4.99 Å². The number of hydrogen-bond acceptors (Lipinski definition) is 2. The van der Waals surface area contributed by atoms with E-state index in [0.29, 0.717) is 0 Å². The van der Waals surface area contributed by atoms with Crippen LogP contribution in [0.3, 0.4) is 0 Å². The summed E-state index contributed by atoms with van der Waals surface area (Å²) in [5.41, 5.74) is 1.65. The van der Waals surface area contributed by atoms with Gasteiger partial charge in [0.1, 0.15) is 0 Å². The Morgan fingerprint density at radius 2 is 2.10 bits per heavy atom. The second-order valence-electron chi connectivity index (χ2n) is 5.46. The number of methoxy groups -OCH3 is 1. The van der Waals surface area contributed by atoms with E-state index in [1.165, 1.54) is 22.9 Å². The fraction of sp³-hybridized carbons (Fsp3) is 0.562. The third-order valence-electron chi connectivity index (χ3n) is 3.93. The van der Waals surface area contributed by atoms with Crippen LogP contribution in [0.2, 0.25) is 0 Å². The van der Waals surface area contributed by atoms with Crippen molar-refractivity contribution in [3.8, 4) is 0 Å². The zero-order chi connectivity index (χ0) is 15.1. The SMILES string of the molecule is CN=C(NCCCOC)NCC1(c2ccccc2Br)CC1. The summed E-state index contributed by atoms with van der Waals surface area (Å²) in [6.07, 6.45) is 3.43. The summed E-state index contributed by atoms with van der Waals surface area (Å²) in [4.78, 5) is 4.27. The lowest BCUT2D eigenvalue weighted by molar-refractivity contribution is 0.195. The largest absolute Gasteiger partial charge is 0.385 e. The van der Waals surface area contributed by atoms with E-state index in [-0.39, 0.29) is 5.41 Å². The molecule has 0 spiro atoms. The standard InChI is InChI=1S/C16H24BrN3O/c1-18-15(19-10-5-11-21-2)20-12-16(8-9-16)13-6-3-4-7-14(13)17/h3-4,6-7H,5,8-12H2,1-2H3,(H2,18,19,20). The first-order valence-electron chi connectivity index (χ1n) is 7.40. The molecule has 0 saturated heterocycles. The summed E-state index contributed by atoms with van der Waals surface area (Å²) in [7, 11) is 3.53. The second kappa shape index (κ2) is 7.80. The summed E-state index contributed by atoms with van der Waals surface area (Å²) in [5, 5.41) is 6.77. The molecule has 0 aliphatic heterocycles. The molecule has 0 aromatic heterocycles. The van der Waals surface area contributed by atoms with Crippen molar-refractivity contribution in [2.45, 2.75) is 24.7 Å². The van der Waals surface area contributed by atoms with Crippen LogP contribution in [0.25, 0.3) is 0 Å². The molecule has 1 aromatic carbocycles. The fourth-order valence-electron chi connectivity index (χ4n) is 2.48. The first-order chi connectivity index (χ1) is 10.2. The highest BCUT2D eigenvalue weighted by Gasteiger charge is 2.45. The molecule has 4 nitrogen and oxygen atoms in total. The highest BCUT2D eigenvalue weighted by molar-refractivity contribution is 9.10. The van der Waals surface area contributed by atoms with Crippen LogP contribution in [0.15, 0.2) is 33.7 Å². The van der Waals surface area contributed by atoms with Crippen molar-refractivity contribution >= 4 is 21.9 Å². The van der Waals surface area contributed by atoms with Crippen LogP contribution in [-0.4, -0.2) is 39.8 Å². The highest BCUT2D eigenvalue weighted by atomic mass is 79.9. The van der Waals surface area contributed by atoms with E-state index in [1.807, 2.05) is 7.05 Å². The van der Waals surface area contributed by atoms with Crippen molar-refractivity contribution in [3.05, 3.63) is 34.3 Å². The minimum absolute atomic E-state index is 0.254. The Balaban J connectivity index is 1.85. The molecule has 1 saturated carbocycles. The minimum Gasteiger partial charge on any atom is -0.385 e. The number of nitrogens with zero attached hydrogens (tertiary/aromatic N) is 1. The molecule has 116 valence electrons. The first kappa shape index (κ1) is 16.3. The van der Waals surface area contributed by atoms with Gasteiger partial charge in [0, 0.05) is 43.7 Å². The Kier molecular flexibility index (Phi) is 6.06.